The third-order valence-corrected chi connectivity index (χ3v) is 4.11. The normalized spacial score (nSPS) is 13.8. The lowest BCUT2D eigenvalue weighted by Gasteiger charge is -2.06. The third-order valence-electron chi connectivity index (χ3n) is 4.11. The van der Waals surface area contributed by atoms with Crippen molar-refractivity contribution < 1.29 is 14.0 Å². The van der Waals surface area contributed by atoms with Gasteiger partial charge in [0.05, 0.1) is 5.70 Å². The molecule has 140 valence electrons. The molecule has 0 atom stereocenters. The van der Waals surface area contributed by atoms with E-state index in [1.807, 2.05) is 13.0 Å². The van der Waals surface area contributed by atoms with Crippen LogP contribution in [0, 0.1) is 17.1 Å². The van der Waals surface area contributed by atoms with Gasteiger partial charge >= 0.3 is 0 Å². The predicted octanol–water partition coefficient (Wildman–Crippen LogP) is 2.78. The Kier molecular flexibility index (Phi) is 5.61. The lowest BCUT2D eigenvalue weighted by molar-refractivity contribution is -0.117. The van der Waals surface area contributed by atoms with Crippen molar-refractivity contribution in [3.05, 3.63) is 76.6 Å². The van der Waals surface area contributed by atoms with Gasteiger partial charge in [-0.05, 0) is 30.7 Å². The van der Waals surface area contributed by atoms with Crippen molar-refractivity contribution in [1.29, 1.82) is 5.26 Å². The van der Waals surface area contributed by atoms with Gasteiger partial charge in [0.2, 0.25) is 0 Å². The van der Waals surface area contributed by atoms with Crippen LogP contribution in [-0.4, -0.2) is 24.2 Å². The van der Waals surface area contributed by atoms with Gasteiger partial charge in [0.25, 0.3) is 11.8 Å². The van der Waals surface area contributed by atoms with E-state index in [0.717, 1.165) is 6.42 Å². The summed E-state index contributed by atoms with van der Waals surface area (Å²) in [6, 6.07) is 14.0. The van der Waals surface area contributed by atoms with E-state index in [0.29, 0.717) is 17.7 Å². The number of hydrogen-bond donors (Lipinski definition) is 2. The van der Waals surface area contributed by atoms with Crippen LogP contribution in [0.15, 0.2) is 59.1 Å². The number of aliphatic imine (C=N–C) groups is 1. The number of amides is 2. The molecule has 2 amide bonds. The quantitative estimate of drug-likeness (QED) is 0.635. The Labute approximate surface area is 161 Å². The van der Waals surface area contributed by atoms with Gasteiger partial charge in [-0.25, -0.2) is 9.38 Å². The second kappa shape index (κ2) is 8.27. The third kappa shape index (κ3) is 3.81. The van der Waals surface area contributed by atoms with Gasteiger partial charge in [-0.1, -0.05) is 31.2 Å². The zero-order valence-electron chi connectivity index (χ0n) is 15.1. The van der Waals surface area contributed by atoms with Crippen LogP contribution in [0.3, 0.4) is 0 Å². The van der Waals surface area contributed by atoms with Crippen LogP contribution in [0.4, 0.5) is 4.39 Å². The summed E-state index contributed by atoms with van der Waals surface area (Å²) >= 11 is 0. The first-order valence-corrected chi connectivity index (χ1v) is 8.73. The van der Waals surface area contributed by atoms with Crippen LogP contribution in [0.25, 0.3) is 5.70 Å². The molecule has 1 aliphatic heterocycles. The molecule has 3 rings (SSSR count). The number of rotatable bonds is 4. The molecular formula is C21H17FN4O2. The first kappa shape index (κ1) is 19.0. The van der Waals surface area contributed by atoms with Crippen LogP contribution in [0.2, 0.25) is 0 Å². The van der Waals surface area contributed by atoms with Crippen LogP contribution in [-0.2, 0) is 4.79 Å². The summed E-state index contributed by atoms with van der Waals surface area (Å²) in [7, 11) is 0. The Morgan fingerprint density at radius 1 is 1.11 bits per heavy atom. The number of nitrogens with zero attached hydrogens (tertiary/aromatic N) is 2. The van der Waals surface area contributed by atoms with Crippen molar-refractivity contribution in [3.8, 4) is 6.07 Å². The number of carbonyl (C=O) groups is 2. The van der Waals surface area contributed by atoms with Crippen molar-refractivity contribution in [2.45, 2.75) is 13.3 Å². The molecule has 2 aromatic rings. The molecule has 0 saturated heterocycles. The number of fused-ring (bicyclic) bond motifs is 1. The van der Waals surface area contributed by atoms with Crippen molar-refractivity contribution in [2.24, 2.45) is 4.99 Å². The number of hydrogen-bond acceptors (Lipinski definition) is 4. The fourth-order valence-corrected chi connectivity index (χ4v) is 2.73. The Bertz CT molecular complexity index is 1030. The van der Waals surface area contributed by atoms with E-state index in [4.69, 9.17) is 0 Å². The fraction of sp³-hybridized carbons (Fsp3) is 0.143. The number of benzene rings is 2. The van der Waals surface area contributed by atoms with E-state index >= 15 is 0 Å². The molecule has 2 N–H and O–H groups in total. The summed E-state index contributed by atoms with van der Waals surface area (Å²) < 4.78 is 13.1. The lowest BCUT2D eigenvalue weighted by atomic mass is 10.0. The summed E-state index contributed by atoms with van der Waals surface area (Å²) in [6.45, 7) is 2.35. The van der Waals surface area contributed by atoms with E-state index in [2.05, 4.69) is 15.6 Å². The summed E-state index contributed by atoms with van der Waals surface area (Å²) in [5.74, 6) is -1.19. The van der Waals surface area contributed by atoms with E-state index in [9.17, 15) is 19.2 Å². The molecule has 1 heterocycles. The standard InChI is InChI=1S/C21H17FN4O2/c1-2-11-24-21(28)17(12-23)18-15-5-3-4-6-16(15)19(25-18)26-20(27)13-7-9-14(22)10-8-13/h3-10H,2,11H2,1H3,(H,24,28)(H,25,26,27)/b18-17-. The average Bonchev–Trinajstić information content (AvgIpc) is 3.06. The second-order valence-electron chi connectivity index (χ2n) is 6.06. The first-order valence-electron chi connectivity index (χ1n) is 8.73. The van der Waals surface area contributed by atoms with Crippen molar-refractivity contribution in [1.82, 2.24) is 10.6 Å². The molecule has 0 unspecified atom stereocenters. The minimum Gasteiger partial charge on any atom is -0.351 e. The van der Waals surface area contributed by atoms with E-state index in [1.54, 1.807) is 24.3 Å². The second-order valence-corrected chi connectivity index (χ2v) is 6.06. The number of nitrogens with one attached hydrogen (secondary N) is 2. The van der Waals surface area contributed by atoms with Gasteiger partial charge in [-0.2, -0.15) is 5.26 Å². The summed E-state index contributed by atoms with van der Waals surface area (Å²) in [4.78, 5) is 29.1. The monoisotopic (exact) mass is 376 g/mol. The SMILES string of the molecule is CCCNC(=O)/C(C#N)=C1\N=C(NC(=O)c2ccc(F)cc2)c2ccccc21. The van der Waals surface area contributed by atoms with Gasteiger partial charge in [-0.3, -0.25) is 9.59 Å². The number of nitriles is 1. The van der Waals surface area contributed by atoms with Gasteiger partial charge in [0.1, 0.15) is 23.3 Å². The molecule has 1 aliphatic rings. The molecule has 28 heavy (non-hydrogen) atoms. The maximum atomic E-state index is 13.1. The van der Waals surface area contributed by atoms with Crippen LogP contribution in [0.1, 0.15) is 34.8 Å². The number of halogens is 1. The zero-order valence-corrected chi connectivity index (χ0v) is 15.1. The highest BCUT2D eigenvalue weighted by atomic mass is 19.1. The molecule has 0 fully saturated rings. The van der Waals surface area contributed by atoms with Crippen LogP contribution < -0.4 is 10.6 Å². The van der Waals surface area contributed by atoms with E-state index < -0.39 is 17.6 Å². The molecule has 0 radical (unpaired) electrons. The Morgan fingerprint density at radius 2 is 1.79 bits per heavy atom. The van der Waals surface area contributed by atoms with E-state index in [-0.39, 0.29) is 22.7 Å². The maximum Gasteiger partial charge on any atom is 0.264 e. The van der Waals surface area contributed by atoms with Crippen LogP contribution in [0.5, 0.6) is 0 Å². The van der Waals surface area contributed by atoms with Crippen molar-refractivity contribution in [2.75, 3.05) is 6.54 Å². The van der Waals surface area contributed by atoms with Crippen molar-refractivity contribution >= 4 is 23.3 Å². The maximum absolute atomic E-state index is 13.1. The molecule has 0 saturated carbocycles. The number of carbonyl (C=O) groups excluding carboxylic acids is 2. The minimum absolute atomic E-state index is 0.119. The average molecular weight is 376 g/mol. The fourth-order valence-electron chi connectivity index (χ4n) is 2.73. The van der Waals surface area contributed by atoms with Gasteiger partial charge in [0.15, 0.2) is 0 Å². The Morgan fingerprint density at radius 3 is 2.43 bits per heavy atom. The number of amidine groups is 1. The molecule has 0 bridgehead atoms. The zero-order chi connectivity index (χ0) is 20.1. The smallest absolute Gasteiger partial charge is 0.264 e. The molecule has 6 nitrogen and oxygen atoms in total. The predicted molar refractivity (Wildman–Crippen MR) is 103 cm³/mol. The summed E-state index contributed by atoms with van der Waals surface area (Å²) in [5, 5.41) is 14.8. The lowest BCUT2D eigenvalue weighted by Crippen LogP contribution is -2.30. The molecule has 7 heteroatoms. The van der Waals surface area contributed by atoms with E-state index in [1.165, 1.54) is 24.3 Å². The molecule has 0 aromatic heterocycles. The topological polar surface area (TPSA) is 94.3 Å². The Balaban J connectivity index is 1.97. The molecule has 0 spiro atoms. The van der Waals surface area contributed by atoms with Gasteiger partial charge < -0.3 is 10.6 Å². The first-order chi connectivity index (χ1) is 13.5. The summed E-state index contributed by atoms with van der Waals surface area (Å²) in [5.41, 5.74) is 1.54. The highest BCUT2D eigenvalue weighted by Crippen LogP contribution is 2.30. The van der Waals surface area contributed by atoms with Gasteiger partial charge in [-0.15, -0.1) is 0 Å². The molecule has 2 aromatic carbocycles. The highest BCUT2D eigenvalue weighted by molar-refractivity contribution is 6.20. The summed E-state index contributed by atoms with van der Waals surface area (Å²) in [6.07, 6.45) is 0.735. The highest BCUT2D eigenvalue weighted by Gasteiger charge is 2.27. The Hall–Kier alpha value is -3.79. The largest absolute Gasteiger partial charge is 0.351 e. The van der Waals surface area contributed by atoms with Crippen LogP contribution >= 0.6 is 0 Å². The van der Waals surface area contributed by atoms with Gasteiger partial charge in [0, 0.05) is 23.2 Å². The molecular weight excluding hydrogens is 359 g/mol. The van der Waals surface area contributed by atoms with Crippen molar-refractivity contribution in [3.63, 3.8) is 0 Å². The minimum atomic E-state index is -0.510. The molecule has 0 aliphatic carbocycles.